The number of fused-ring (bicyclic) bond motifs is 5. The fraction of sp³-hybridized carbons (Fsp3) is 0.800. The molecule has 7 unspecified atom stereocenters. The maximum atomic E-state index is 4.00. The number of hydrogen-bond donors (Lipinski definition) is 0. The van der Waals surface area contributed by atoms with Crippen molar-refractivity contribution in [3.8, 4) is 12.8 Å². The Morgan fingerprint density at radius 2 is 1.62 bits per heavy atom. The van der Waals surface area contributed by atoms with Gasteiger partial charge in [0.15, 0.2) is 0 Å². The molecule has 0 aliphatic heterocycles. The van der Waals surface area contributed by atoms with Crippen molar-refractivity contribution in [2.75, 3.05) is 0 Å². The summed E-state index contributed by atoms with van der Waals surface area (Å²) < 4.78 is 0. The van der Waals surface area contributed by atoms with Crippen LogP contribution in [0.5, 0.6) is 0 Å². The smallest absolute Gasteiger partial charge is 0.00849 e. The molecule has 3 fully saturated rings. The first-order chi connectivity index (χ1) is 19.0. The molecule has 0 aromatic rings. The predicted octanol–water partition coefficient (Wildman–Crippen LogP) is 12.9. The third-order valence-electron chi connectivity index (χ3n) is 12.0. The lowest BCUT2D eigenvalue weighted by atomic mass is 9.46. The van der Waals surface area contributed by atoms with Crippen LogP contribution in [0, 0.1) is 65.1 Å². The summed E-state index contributed by atoms with van der Waals surface area (Å²) in [6.07, 6.45) is 30.2. The standard InChI is InChI=1S/C31H52.C5H10.C2H6.C2H2/c1-8-22(4)24-16-18-30(6)25(20-24)12-13-26-28-15-14-27(23(5)11-9-10-21(2)3)31(28,7)19-17-29(26)30;1-4-5(2)3;2*1-2/h8,12,21,23-24,26-29H,9-11,13-20H2,1-7H3;2,4H2,1,3H3;1-2H3;1-2H/b22-8-;;;/t23-,24?,26?,27?,28?,29?,30?,31?;;;/m1.../s1. The highest BCUT2D eigenvalue weighted by atomic mass is 14.6. The monoisotopic (exact) mass is 551 g/mol. The van der Waals surface area contributed by atoms with E-state index in [1.165, 1.54) is 76.2 Å². The Labute approximate surface area is 253 Å². The van der Waals surface area contributed by atoms with Crippen molar-refractivity contribution in [1.82, 2.24) is 0 Å². The SMILES string of the molecule is C#C.C/C=C(/C)C1CCC2(C)C(=CCC3C2CCC2(C)C3CCC2[C@H](C)CCCC(C)C)C1.C=C(C)CC.CC. The van der Waals surface area contributed by atoms with Crippen LogP contribution < -0.4 is 0 Å². The fourth-order valence-corrected chi connectivity index (χ4v) is 9.31. The molecule has 4 rings (SSSR count). The van der Waals surface area contributed by atoms with Crippen molar-refractivity contribution in [3.63, 3.8) is 0 Å². The molecule has 0 radical (unpaired) electrons. The molecule has 40 heavy (non-hydrogen) atoms. The van der Waals surface area contributed by atoms with E-state index in [1.54, 1.807) is 5.57 Å². The second-order valence-corrected chi connectivity index (χ2v) is 14.6. The highest BCUT2D eigenvalue weighted by Gasteiger charge is 2.59. The number of terminal acetylenes is 1. The van der Waals surface area contributed by atoms with Crippen LogP contribution in [0.3, 0.4) is 0 Å². The van der Waals surface area contributed by atoms with Gasteiger partial charge in [0.2, 0.25) is 0 Å². The lowest BCUT2D eigenvalue weighted by Crippen LogP contribution is -2.50. The molecule has 0 aromatic carbocycles. The van der Waals surface area contributed by atoms with Crippen LogP contribution in [0.1, 0.15) is 153 Å². The molecule has 0 nitrogen and oxygen atoms in total. The largest absolute Gasteiger partial charge is 0.124 e. The summed E-state index contributed by atoms with van der Waals surface area (Å²) in [5.74, 6) is 6.52. The Hall–Kier alpha value is -1.22. The minimum Gasteiger partial charge on any atom is -0.124 e. The van der Waals surface area contributed by atoms with Crippen molar-refractivity contribution in [2.45, 2.75) is 153 Å². The second kappa shape index (κ2) is 17.0. The van der Waals surface area contributed by atoms with E-state index in [9.17, 15) is 0 Å². The average Bonchev–Trinajstić information content (AvgIpc) is 3.31. The third-order valence-corrected chi connectivity index (χ3v) is 12.0. The van der Waals surface area contributed by atoms with Crippen LogP contribution in [-0.4, -0.2) is 0 Å². The number of hydrogen-bond acceptors (Lipinski definition) is 0. The lowest BCUT2D eigenvalue weighted by Gasteiger charge is -2.58. The van der Waals surface area contributed by atoms with E-state index in [-0.39, 0.29) is 0 Å². The van der Waals surface area contributed by atoms with E-state index >= 15 is 0 Å². The molecular weight excluding hydrogens is 480 g/mol. The molecule has 0 saturated heterocycles. The van der Waals surface area contributed by atoms with E-state index in [1.807, 2.05) is 26.3 Å². The van der Waals surface area contributed by atoms with E-state index < -0.39 is 0 Å². The molecule has 0 heterocycles. The molecule has 0 spiro atoms. The van der Waals surface area contributed by atoms with Gasteiger partial charge in [-0.15, -0.1) is 19.4 Å². The zero-order chi connectivity index (χ0) is 30.7. The van der Waals surface area contributed by atoms with E-state index in [0.29, 0.717) is 10.8 Å². The molecule has 4 aliphatic rings. The zero-order valence-electron chi connectivity index (χ0n) is 29.0. The first kappa shape index (κ1) is 36.8. The third kappa shape index (κ3) is 8.42. The summed E-state index contributed by atoms with van der Waals surface area (Å²) in [7, 11) is 0. The van der Waals surface area contributed by atoms with E-state index in [0.717, 1.165) is 47.8 Å². The second-order valence-electron chi connectivity index (χ2n) is 14.6. The van der Waals surface area contributed by atoms with Gasteiger partial charge < -0.3 is 0 Å². The summed E-state index contributed by atoms with van der Waals surface area (Å²) in [4.78, 5) is 0. The molecule has 4 aliphatic carbocycles. The van der Waals surface area contributed by atoms with Crippen LogP contribution in [0.15, 0.2) is 35.5 Å². The Morgan fingerprint density at radius 1 is 1.00 bits per heavy atom. The van der Waals surface area contributed by atoms with Gasteiger partial charge in [0.05, 0.1) is 0 Å². The first-order valence-corrected chi connectivity index (χ1v) is 17.3. The van der Waals surface area contributed by atoms with Crippen molar-refractivity contribution >= 4 is 0 Å². The number of rotatable bonds is 7. The summed E-state index contributed by atoms with van der Waals surface area (Å²) in [5.41, 5.74) is 5.87. The topological polar surface area (TPSA) is 0 Å². The normalized spacial score (nSPS) is 35.1. The molecule has 0 N–H and O–H groups in total. The Morgan fingerprint density at radius 3 is 2.17 bits per heavy atom. The summed E-state index contributed by atoms with van der Waals surface area (Å²) >= 11 is 0. The lowest BCUT2D eigenvalue weighted by molar-refractivity contribution is -0.0519. The Bertz CT molecular complexity index is 835. The highest BCUT2D eigenvalue weighted by molar-refractivity contribution is 5.27. The molecular formula is C40H70. The van der Waals surface area contributed by atoms with E-state index in [2.05, 4.69) is 87.0 Å². The van der Waals surface area contributed by atoms with Crippen molar-refractivity contribution in [1.29, 1.82) is 0 Å². The Balaban J connectivity index is 0.000000789. The minimum atomic E-state index is 0.510. The van der Waals surface area contributed by atoms with Crippen LogP contribution in [0.4, 0.5) is 0 Å². The molecule has 0 bridgehead atoms. The average molecular weight is 551 g/mol. The van der Waals surface area contributed by atoms with Gasteiger partial charge in [0, 0.05) is 0 Å². The van der Waals surface area contributed by atoms with Gasteiger partial charge in [-0.1, -0.05) is 104 Å². The van der Waals surface area contributed by atoms with Crippen molar-refractivity contribution in [3.05, 3.63) is 35.5 Å². The quantitative estimate of drug-likeness (QED) is 0.218. The van der Waals surface area contributed by atoms with E-state index in [4.69, 9.17) is 0 Å². The van der Waals surface area contributed by atoms with Crippen molar-refractivity contribution in [2.24, 2.45) is 52.3 Å². The van der Waals surface area contributed by atoms with Crippen LogP contribution in [0.25, 0.3) is 0 Å². The summed E-state index contributed by atoms with van der Waals surface area (Å²) in [5, 5.41) is 0. The molecule has 0 amide bonds. The number of allylic oxidation sites excluding steroid dienone is 5. The summed E-state index contributed by atoms with van der Waals surface area (Å²) in [6, 6.07) is 0. The van der Waals surface area contributed by atoms with Gasteiger partial charge in [-0.2, -0.15) is 0 Å². The maximum Gasteiger partial charge on any atom is -0.00849 e. The molecule has 230 valence electrons. The molecule has 3 saturated carbocycles. The van der Waals surface area contributed by atoms with Gasteiger partial charge in [-0.05, 0) is 131 Å². The van der Waals surface area contributed by atoms with Crippen LogP contribution >= 0.6 is 0 Å². The van der Waals surface area contributed by atoms with Crippen LogP contribution in [-0.2, 0) is 0 Å². The molecule has 0 heteroatoms. The first-order valence-electron chi connectivity index (χ1n) is 17.3. The maximum absolute atomic E-state index is 4.00. The summed E-state index contributed by atoms with van der Waals surface area (Å²) in [6.45, 7) is 29.2. The highest BCUT2D eigenvalue weighted by Crippen LogP contribution is 2.67. The van der Waals surface area contributed by atoms with Gasteiger partial charge in [-0.3, -0.25) is 0 Å². The van der Waals surface area contributed by atoms with Crippen LogP contribution in [0.2, 0.25) is 0 Å². The van der Waals surface area contributed by atoms with Gasteiger partial charge in [0.25, 0.3) is 0 Å². The van der Waals surface area contributed by atoms with Gasteiger partial charge >= 0.3 is 0 Å². The molecule has 0 aromatic heterocycles. The van der Waals surface area contributed by atoms with Crippen molar-refractivity contribution < 1.29 is 0 Å². The zero-order valence-corrected chi connectivity index (χ0v) is 29.0. The fourth-order valence-electron chi connectivity index (χ4n) is 9.31. The predicted molar refractivity (Wildman–Crippen MR) is 182 cm³/mol. The van der Waals surface area contributed by atoms with Gasteiger partial charge in [-0.25, -0.2) is 0 Å². The van der Waals surface area contributed by atoms with Gasteiger partial charge in [0.1, 0.15) is 0 Å². The Kier molecular flexibility index (Phi) is 15.7. The minimum absolute atomic E-state index is 0.510. The molecule has 8 atom stereocenters.